The van der Waals surface area contributed by atoms with E-state index in [9.17, 15) is 5.11 Å². The Morgan fingerprint density at radius 3 is 3.00 bits per heavy atom. The number of hydrogen-bond donors (Lipinski definition) is 1. The smallest absolute Gasteiger partial charge is 0.0931 e. The SMILES string of the molecule is OC(Cc1ccc(Cl)s1)C1CCCS1. The van der Waals surface area contributed by atoms with Crippen molar-refractivity contribution in [3.8, 4) is 0 Å². The standard InChI is InChI=1S/C10H13ClOS2/c11-10-4-3-7(14-10)6-8(12)9-2-1-5-13-9/h3-4,8-9,12H,1-2,5-6H2. The van der Waals surface area contributed by atoms with Gasteiger partial charge in [-0.25, -0.2) is 0 Å². The molecule has 1 saturated heterocycles. The van der Waals surface area contributed by atoms with Gasteiger partial charge >= 0.3 is 0 Å². The van der Waals surface area contributed by atoms with Crippen molar-refractivity contribution in [1.29, 1.82) is 0 Å². The first-order valence-electron chi connectivity index (χ1n) is 4.79. The Bertz CT molecular complexity index is 294. The minimum absolute atomic E-state index is 0.197. The van der Waals surface area contributed by atoms with E-state index in [-0.39, 0.29) is 6.10 Å². The fourth-order valence-corrected chi connectivity index (χ4v) is 4.13. The molecule has 2 atom stereocenters. The summed E-state index contributed by atoms with van der Waals surface area (Å²) in [6.45, 7) is 0. The molecule has 14 heavy (non-hydrogen) atoms. The molecule has 1 aromatic rings. The van der Waals surface area contributed by atoms with Gasteiger partial charge in [-0.05, 0) is 30.7 Å². The third-order valence-corrected chi connectivity index (χ3v) is 5.19. The maximum atomic E-state index is 9.95. The van der Waals surface area contributed by atoms with E-state index in [4.69, 9.17) is 11.6 Å². The highest BCUT2D eigenvalue weighted by molar-refractivity contribution is 8.00. The average Bonchev–Trinajstić information content (AvgIpc) is 2.75. The Hall–Kier alpha value is 0.300. The lowest BCUT2D eigenvalue weighted by atomic mass is 10.1. The first kappa shape index (κ1) is 10.8. The predicted octanol–water partition coefficient (Wildman–Crippen LogP) is 3.20. The predicted molar refractivity (Wildman–Crippen MR) is 64.5 cm³/mol. The van der Waals surface area contributed by atoms with E-state index in [0.29, 0.717) is 5.25 Å². The van der Waals surface area contributed by atoms with Crippen LogP contribution in [0, 0.1) is 0 Å². The first-order valence-corrected chi connectivity index (χ1v) is 7.04. The number of halogens is 1. The zero-order valence-corrected chi connectivity index (χ0v) is 10.2. The molecule has 1 aliphatic heterocycles. The Morgan fingerprint density at radius 2 is 2.43 bits per heavy atom. The Balaban J connectivity index is 1.90. The van der Waals surface area contributed by atoms with E-state index in [2.05, 4.69) is 0 Å². The van der Waals surface area contributed by atoms with Crippen LogP contribution in [0.4, 0.5) is 0 Å². The molecule has 0 spiro atoms. The molecule has 1 aromatic heterocycles. The molecule has 0 aliphatic carbocycles. The van der Waals surface area contributed by atoms with Crippen molar-refractivity contribution in [2.24, 2.45) is 0 Å². The first-order chi connectivity index (χ1) is 6.75. The van der Waals surface area contributed by atoms with Crippen LogP contribution in [-0.4, -0.2) is 22.2 Å². The lowest BCUT2D eigenvalue weighted by Crippen LogP contribution is -2.22. The van der Waals surface area contributed by atoms with Gasteiger partial charge in [-0.2, -0.15) is 11.8 Å². The second kappa shape index (κ2) is 4.88. The molecular weight excluding hydrogens is 236 g/mol. The molecular formula is C10H13ClOS2. The highest BCUT2D eigenvalue weighted by Crippen LogP contribution is 2.31. The monoisotopic (exact) mass is 248 g/mol. The topological polar surface area (TPSA) is 20.2 Å². The second-order valence-corrected chi connectivity index (χ2v) is 6.68. The number of hydrogen-bond acceptors (Lipinski definition) is 3. The summed E-state index contributed by atoms with van der Waals surface area (Å²) >= 11 is 9.30. The van der Waals surface area contributed by atoms with Crippen molar-refractivity contribution in [3.63, 3.8) is 0 Å². The summed E-state index contributed by atoms with van der Waals surface area (Å²) in [4.78, 5) is 1.19. The molecule has 0 saturated carbocycles. The number of thioether (sulfide) groups is 1. The maximum absolute atomic E-state index is 9.95. The second-order valence-electron chi connectivity index (χ2n) is 3.53. The minimum atomic E-state index is -0.197. The highest BCUT2D eigenvalue weighted by Gasteiger charge is 2.24. The molecule has 0 amide bonds. The fraction of sp³-hybridized carbons (Fsp3) is 0.600. The van der Waals surface area contributed by atoms with Crippen molar-refractivity contribution in [2.45, 2.75) is 30.6 Å². The fourth-order valence-electron chi connectivity index (χ4n) is 1.71. The van der Waals surface area contributed by atoms with Gasteiger partial charge in [0.25, 0.3) is 0 Å². The van der Waals surface area contributed by atoms with Crippen molar-refractivity contribution in [2.75, 3.05) is 5.75 Å². The van der Waals surface area contributed by atoms with Crippen LogP contribution in [0.3, 0.4) is 0 Å². The molecule has 4 heteroatoms. The summed E-state index contributed by atoms with van der Waals surface area (Å²) < 4.78 is 0.811. The van der Waals surface area contributed by atoms with E-state index in [1.54, 1.807) is 11.3 Å². The van der Waals surface area contributed by atoms with Gasteiger partial charge in [-0.3, -0.25) is 0 Å². The van der Waals surface area contributed by atoms with Crippen LogP contribution in [-0.2, 0) is 6.42 Å². The summed E-state index contributed by atoms with van der Waals surface area (Å²) in [5.41, 5.74) is 0. The van der Waals surface area contributed by atoms with Crippen LogP contribution >= 0.6 is 34.7 Å². The molecule has 1 fully saturated rings. The summed E-state index contributed by atoms with van der Waals surface area (Å²) in [6.07, 6.45) is 2.97. The van der Waals surface area contributed by atoms with Crippen LogP contribution < -0.4 is 0 Å². The number of aliphatic hydroxyl groups is 1. The van der Waals surface area contributed by atoms with Gasteiger partial charge in [0, 0.05) is 16.5 Å². The van der Waals surface area contributed by atoms with Crippen molar-refractivity contribution in [3.05, 3.63) is 21.3 Å². The highest BCUT2D eigenvalue weighted by atomic mass is 35.5. The normalized spacial score (nSPS) is 24.0. The molecule has 1 N–H and O–H groups in total. The largest absolute Gasteiger partial charge is 0.392 e. The molecule has 2 heterocycles. The van der Waals surface area contributed by atoms with Gasteiger partial charge in [-0.1, -0.05) is 11.6 Å². The summed E-state index contributed by atoms with van der Waals surface area (Å²) in [5, 5.41) is 10.4. The lowest BCUT2D eigenvalue weighted by Gasteiger charge is -2.15. The van der Waals surface area contributed by atoms with Gasteiger partial charge < -0.3 is 5.11 Å². The van der Waals surface area contributed by atoms with Gasteiger partial charge in [0.2, 0.25) is 0 Å². The summed E-state index contributed by atoms with van der Waals surface area (Å²) in [6, 6.07) is 3.91. The van der Waals surface area contributed by atoms with E-state index < -0.39 is 0 Å². The average molecular weight is 249 g/mol. The molecule has 1 nitrogen and oxygen atoms in total. The molecule has 0 radical (unpaired) electrons. The third-order valence-electron chi connectivity index (χ3n) is 2.43. The molecule has 2 rings (SSSR count). The quantitative estimate of drug-likeness (QED) is 0.887. The van der Waals surface area contributed by atoms with Crippen LogP contribution in [0.5, 0.6) is 0 Å². The van der Waals surface area contributed by atoms with E-state index >= 15 is 0 Å². The van der Waals surface area contributed by atoms with Crippen molar-refractivity contribution < 1.29 is 5.11 Å². The summed E-state index contributed by atoms with van der Waals surface area (Å²) in [7, 11) is 0. The van der Waals surface area contributed by atoms with E-state index in [1.807, 2.05) is 23.9 Å². The van der Waals surface area contributed by atoms with Gasteiger partial charge in [0.15, 0.2) is 0 Å². The van der Waals surface area contributed by atoms with Crippen LogP contribution in [0.2, 0.25) is 4.34 Å². The van der Waals surface area contributed by atoms with Crippen LogP contribution in [0.1, 0.15) is 17.7 Å². The van der Waals surface area contributed by atoms with Crippen molar-refractivity contribution in [1.82, 2.24) is 0 Å². The molecule has 78 valence electrons. The van der Waals surface area contributed by atoms with E-state index in [1.165, 1.54) is 17.1 Å². The maximum Gasteiger partial charge on any atom is 0.0931 e. The Kier molecular flexibility index (Phi) is 3.77. The Labute approximate surface area is 97.5 Å². The summed E-state index contributed by atoms with van der Waals surface area (Å²) in [5.74, 6) is 1.20. The molecule has 1 aliphatic rings. The number of aliphatic hydroxyl groups excluding tert-OH is 1. The number of rotatable bonds is 3. The van der Waals surface area contributed by atoms with Crippen LogP contribution in [0.15, 0.2) is 12.1 Å². The van der Waals surface area contributed by atoms with E-state index in [0.717, 1.165) is 17.2 Å². The minimum Gasteiger partial charge on any atom is -0.392 e. The van der Waals surface area contributed by atoms with Gasteiger partial charge in [-0.15, -0.1) is 11.3 Å². The zero-order chi connectivity index (χ0) is 9.97. The number of thiophene rings is 1. The van der Waals surface area contributed by atoms with Crippen molar-refractivity contribution >= 4 is 34.7 Å². The molecule has 2 unspecified atom stereocenters. The lowest BCUT2D eigenvalue weighted by molar-refractivity contribution is 0.171. The molecule has 0 aromatic carbocycles. The van der Waals surface area contributed by atoms with Gasteiger partial charge in [0.05, 0.1) is 10.4 Å². The third kappa shape index (κ3) is 2.66. The van der Waals surface area contributed by atoms with Gasteiger partial charge in [0.1, 0.15) is 0 Å². The Morgan fingerprint density at radius 1 is 1.57 bits per heavy atom. The van der Waals surface area contributed by atoms with Crippen LogP contribution in [0.25, 0.3) is 0 Å². The molecule has 0 bridgehead atoms. The zero-order valence-electron chi connectivity index (χ0n) is 7.78.